The number of amides is 1. The number of para-hydroxylation sites is 1. The van der Waals surface area contributed by atoms with Gasteiger partial charge in [0.05, 0.1) is 5.60 Å². The molecule has 2 aromatic rings. The molecule has 0 aliphatic carbocycles. The lowest BCUT2D eigenvalue weighted by atomic mass is 9.98. The molecule has 0 saturated carbocycles. The molecule has 0 unspecified atom stereocenters. The van der Waals surface area contributed by atoms with Gasteiger partial charge in [0.2, 0.25) is 0 Å². The summed E-state index contributed by atoms with van der Waals surface area (Å²) in [5, 5.41) is 12.5. The van der Waals surface area contributed by atoms with Crippen LogP contribution in [0.25, 0.3) is 0 Å². The maximum absolute atomic E-state index is 11.7. The van der Waals surface area contributed by atoms with E-state index in [1.807, 2.05) is 6.07 Å². The zero-order valence-electron chi connectivity index (χ0n) is 11.5. The van der Waals surface area contributed by atoms with Gasteiger partial charge in [0.25, 0.3) is 0 Å². The number of aliphatic hydroxyl groups is 1. The first kappa shape index (κ1) is 14.1. The predicted molar refractivity (Wildman–Crippen MR) is 77.8 cm³/mol. The first-order valence-electron chi connectivity index (χ1n) is 6.32. The fourth-order valence-electron chi connectivity index (χ4n) is 1.70. The number of carbonyl (C=O) groups is 1. The fraction of sp³-hybridized carbons (Fsp3) is 0.188. The molecule has 4 heteroatoms. The van der Waals surface area contributed by atoms with E-state index in [0.29, 0.717) is 11.4 Å². The standard InChI is InChI=1S/C16H17NO3/c1-16(2,19)12-8-10-13(11-9-12)17-15(18)20-14-6-4-3-5-7-14/h3-11,19H,1-2H3,(H,17,18). The number of nitrogens with one attached hydrogen (secondary N) is 1. The Morgan fingerprint density at radius 2 is 1.65 bits per heavy atom. The Morgan fingerprint density at radius 1 is 1.05 bits per heavy atom. The lowest BCUT2D eigenvalue weighted by Gasteiger charge is -2.17. The summed E-state index contributed by atoms with van der Waals surface area (Å²) in [6, 6.07) is 15.8. The Kier molecular flexibility index (Phi) is 4.05. The van der Waals surface area contributed by atoms with Crippen molar-refractivity contribution in [3.63, 3.8) is 0 Å². The van der Waals surface area contributed by atoms with Gasteiger partial charge in [-0.3, -0.25) is 5.32 Å². The second-order valence-corrected chi connectivity index (χ2v) is 4.96. The largest absolute Gasteiger partial charge is 0.417 e. The topological polar surface area (TPSA) is 58.6 Å². The van der Waals surface area contributed by atoms with E-state index in [-0.39, 0.29) is 0 Å². The van der Waals surface area contributed by atoms with Crippen LogP contribution in [0, 0.1) is 0 Å². The molecule has 0 bridgehead atoms. The molecule has 0 aliphatic rings. The van der Waals surface area contributed by atoms with Gasteiger partial charge >= 0.3 is 6.09 Å². The van der Waals surface area contributed by atoms with Crippen molar-refractivity contribution >= 4 is 11.8 Å². The van der Waals surface area contributed by atoms with Crippen LogP contribution in [0.2, 0.25) is 0 Å². The monoisotopic (exact) mass is 271 g/mol. The SMILES string of the molecule is CC(C)(O)c1ccc(NC(=O)Oc2ccccc2)cc1. The highest BCUT2D eigenvalue weighted by Gasteiger charge is 2.15. The predicted octanol–water partition coefficient (Wildman–Crippen LogP) is 3.52. The van der Waals surface area contributed by atoms with Gasteiger partial charge in [-0.05, 0) is 43.7 Å². The van der Waals surface area contributed by atoms with Crippen LogP contribution in [0.5, 0.6) is 5.75 Å². The van der Waals surface area contributed by atoms with Crippen molar-refractivity contribution in [2.75, 3.05) is 5.32 Å². The van der Waals surface area contributed by atoms with Crippen LogP contribution in [0.1, 0.15) is 19.4 Å². The van der Waals surface area contributed by atoms with E-state index in [4.69, 9.17) is 4.74 Å². The van der Waals surface area contributed by atoms with E-state index in [9.17, 15) is 9.90 Å². The molecule has 104 valence electrons. The second-order valence-electron chi connectivity index (χ2n) is 4.96. The molecule has 2 rings (SSSR count). The molecular formula is C16H17NO3. The van der Waals surface area contributed by atoms with Crippen molar-refractivity contribution in [3.05, 3.63) is 60.2 Å². The molecule has 2 N–H and O–H groups in total. The molecular weight excluding hydrogens is 254 g/mol. The lowest BCUT2D eigenvalue weighted by molar-refractivity contribution is 0.0786. The van der Waals surface area contributed by atoms with E-state index < -0.39 is 11.7 Å². The van der Waals surface area contributed by atoms with Gasteiger partial charge in [-0.1, -0.05) is 30.3 Å². The first-order valence-corrected chi connectivity index (χ1v) is 6.32. The minimum atomic E-state index is -0.900. The molecule has 0 fully saturated rings. The average Bonchev–Trinajstić information content (AvgIpc) is 2.39. The number of carbonyl (C=O) groups excluding carboxylic acids is 1. The molecule has 0 aromatic heterocycles. The van der Waals surface area contributed by atoms with Crippen LogP contribution in [0.4, 0.5) is 10.5 Å². The average molecular weight is 271 g/mol. The minimum absolute atomic E-state index is 0.484. The summed E-state index contributed by atoms with van der Waals surface area (Å²) in [5.74, 6) is 0.484. The van der Waals surface area contributed by atoms with Gasteiger partial charge in [0, 0.05) is 5.69 Å². The molecule has 1 amide bonds. The number of rotatable bonds is 3. The Bertz CT molecular complexity index is 571. The zero-order valence-corrected chi connectivity index (χ0v) is 11.5. The lowest BCUT2D eigenvalue weighted by Crippen LogP contribution is -2.18. The number of anilines is 1. The van der Waals surface area contributed by atoms with Gasteiger partial charge in [-0.25, -0.2) is 4.79 Å². The van der Waals surface area contributed by atoms with Crippen LogP contribution >= 0.6 is 0 Å². The summed E-state index contributed by atoms with van der Waals surface area (Å²) < 4.78 is 5.12. The van der Waals surface area contributed by atoms with E-state index in [2.05, 4.69) is 5.32 Å². The fourth-order valence-corrected chi connectivity index (χ4v) is 1.70. The van der Waals surface area contributed by atoms with Crippen molar-refractivity contribution in [1.82, 2.24) is 0 Å². The quantitative estimate of drug-likeness (QED) is 0.897. The Balaban J connectivity index is 1.98. The molecule has 0 radical (unpaired) electrons. The third-order valence-corrected chi connectivity index (χ3v) is 2.79. The third kappa shape index (κ3) is 3.83. The van der Waals surface area contributed by atoms with Crippen LogP contribution in [0.15, 0.2) is 54.6 Å². The van der Waals surface area contributed by atoms with Gasteiger partial charge in [-0.15, -0.1) is 0 Å². The summed E-state index contributed by atoms with van der Waals surface area (Å²) in [6.07, 6.45) is -0.549. The van der Waals surface area contributed by atoms with E-state index in [1.165, 1.54) is 0 Å². The highest BCUT2D eigenvalue weighted by molar-refractivity contribution is 5.86. The van der Waals surface area contributed by atoms with Crippen molar-refractivity contribution in [3.8, 4) is 5.75 Å². The number of hydrogen-bond acceptors (Lipinski definition) is 3. The van der Waals surface area contributed by atoms with Gasteiger partial charge in [0.15, 0.2) is 0 Å². The van der Waals surface area contributed by atoms with Gasteiger partial charge in [0.1, 0.15) is 5.75 Å². The van der Waals surface area contributed by atoms with E-state index in [1.54, 1.807) is 62.4 Å². The number of hydrogen-bond donors (Lipinski definition) is 2. The van der Waals surface area contributed by atoms with Gasteiger partial charge < -0.3 is 9.84 Å². The zero-order chi connectivity index (χ0) is 14.6. The molecule has 0 spiro atoms. The number of ether oxygens (including phenoxy) is 1. The second kappa shape index (κ2) is 5.75. The van der Waals surface area contributed by atoms with Crippen molar-refractivity contribution in [1.29, 1.82) is 0 Å². The van der Waals surface area contributed by atoms with E-state index in [0.717, 1.165) is 5.56 Å². The van der Waals surface area contributed by atoms with Crippen molar-refractivity contribution in [2.45, 2.75) is 19.4 Å². The molecule has 2 aromatic carbocycles. The Labute approximate surface area is 118 Å². The highest BCUT2D eigenvalue weighted by atomic mass is 16.6. The Hall–Kier alpha value is -2.33. The summed E-state index contributed by atoms with van der Waals surface area (Å²) >= 11 is 0. The van der Waals surface area contributed by atoms with Crippen LogP contribution in [-0.4, -0.2) is 11.2 Å². The van der Waals surface area contributed by atoms with Crippen LogP contribution in [-0.2, 0) is 5.60 Å². The Morgan fingerprint density at radius 3 is 2.20 bits per heavy atom. The molecule has 0 saturated heterocycles. The summed E-state index contributed by atoms with van der Waals surface area (Å²) in [7, 11) is 0. The highest BCUT2D eigenvalue weighted by Crippen LogP contribution is 2.21. The van der Waals surface area contributed by atoms with Crippen LogP contribution < -0.4 is 10.1 Å². The normalized spacial score (nSPS) is 10.9. The molecule has 4 nitrogen and oxygen atoms in total. The molecule has 20 heavy (non-hydrogen) atoms. The first-order chi connectivity index (χ1) is 9.45. The maximum Gasteiger partial charge on any atom is 0.417 e. The van der Waals surface area contributed by atoms with E-state index >= 15 is 0 Å². The third-order valence-electron chi connectivity index (χ3n) is 2.79. The molecule has 0 atom stereocenters. The van der Waals surface area contributed by atoms with Crippen LogP contribution in [0.3, 0.4) is 0 Å². The smallest absolute Gasteiger partial charge is 0.410 e. The van der Waals surface area contributed by atoms with Crippen molar-refractivity contribution < 1.29 is 14.6 Å². The van der Waals surface area contributed by atoms with Gasteiger partial charge in [-0.2, -0.15) is 0 Å². The maximum atomic E-state index is 11.7. The summed E-state index contributed by atoms with van der Waals surface area (Å²) in [4.78, 5) is 11.7. The van der Waals surface area contributed by atoms with Crippen molar-refractivity contribution in [2.24, 2.45) is 0 Å². The number of benzene rings is 2. The molecule has 0 aliphatic heterocycles. The molecule has 0 heterocycles. The minimum Gasteiger partial charge on any atom is -0.410 e. The summed E-state index contributed by atoms with van der Waals surface area (Å²) in [5.41, 5.74) is 0.488. The summed E-state index contributed by atoms with van der Waals surface area (Å²) in [6.45, 7) is 3.41.